The third-order valence-corrected chi connectivity index (χ3v) is 1.15. The van der Waals surface area contributed by atoms with Crippen LogP contribution in [0.4, 0.5) is 0 Å². The van der Waals surface area contributed by atoms with E-state index in [2.05, 4.69) is 5.32 Å². The third-order valence-electron chi connectivity index (χ3n) is 0.707. The number of alkyl halides is 1. The molecule has 0 bridgehead atoms. The second-order valence-electron chi connectivity index (χ2n) is 1.48. The van der Waals surface area contributed by atoms with Gasteiger partial charge in [-0.2, -0.15) is 0 Å². The Balaban J connectivity index is 3.55. The van der Waals surface area contributed by atoms with Crippen LogP contribution in [0.5, 0.6) is 0 Å². The summed E-state index contributed by atoms with van der Waals surface area (Å²) in [4.78, 5) is 9.88. The van der Waals surface area contributed by atoms with E-state index in [4.69, 9.17) is 10.2 Å². The van der Waals surface area contributed by atoms with Gasteiger partial charge in [-0.3, -0.25) is 5.32 Å². The largest absolute Gasteiger partial charge is 0.478 e. The van der Waals surface area contributed by atoms with Gasteiger partial charge in [0.1, 0.15) is 6.23 Å². The molecule has 0 aromatic heterocycles. The second-order valence-corrected chi connectivity index (χ2v) is 2.24. The average molecular weight is 257 g/mol. The Morgan fingerprint density at radius 3 is 2.80 bits per heavy atom. The summed E-state index contributed by atoms with van der Waals surface area (Å²) in [7, 11) is 0. The van der Waals surface area contributed by atoms with Crippen molar-refractivity contribution in [2.45, 2.75) is 6.23 Å². The molecule has 1 unspecified atom stereocenters. The molecule has 5 heteroatoms. The standard InChI is InChI=1S/C5H8INO3/c6-3-7-4(8)1-2-5(9)10/h1-2,4,7-8H,3H2,(H,9,10)/b2-1-. The van der Waals surface area contributed by atoms with Gasteiger partial charge in [-0.1, -0.05) is 22.6 Å². The number of carboxylic acids is 1. The first-order chi connectivity index (χ1) is 4.66. The van der Waals surface area contributed by atoms with Crippen LogP contribution in [-0.2, 0) is 4.79 Å². The molecule has 0 saturated carbocycles. The highest BCUT2D eigenvalue weighted by molar-refractivity contribution is 14.1. The topological polar surface area (TPSA) is 69.6 Å². The van der Waals surface area contributed by atoms with Crippen LogP contribution in [0, 0.1) is 0 Å². The highest BCUT2D eigenvalue weighted by Crippen LogP contribution is 1.83. The summed E-state index contributed by atoms with van der Waals surface area (Å²) in [5.41, 5.74) is 0. The van der Waals surface area contributed by atoms with Gasteiger partial charge in [-0.15, -0.1) is 0 Å². The van der Waals surface area contributed by atoms with Gasteiger partial charge in [0.05, 0.1) is 4.55 Å². The molecular formula is C5H8INO3. The Kier molecular flexibility index (Phi) is 5.55. The van der Waals surface area contributed by atoms with Crippen LogP contribution in [0.15, 0.2) is 12.2 Å². The van der Waals surface area contributed by atoms with Gasteiger partial charge in [0.2, 0.25) is 0 Å². The monoisotopic (exact) mass is 257 g/mol. The van der Waals surface area contributed by atoms with Crippen LogP contribution in [0.25, 0.3) is 0 Å². The lowest BCUT2D eigenvalue weighted by atomic mass is 10.4. The van der Waals surface area contributed by atoms with E-state index in [0.717, 1.165) is 6.08 Å². The minimum atomic E-state index is -1.06. The number of aliphatic carboxylic acids is 1. The lowest BCUT2D eigenvalue weighted by Gasteiger charge is -2.02. The molecule has 0 aromatic rings. The smallest absolute Gasteiger partial charge is 0.328 e. The van der Waals surface area contributed by atoms with Crippen LogP contribution in [0.3, 0.4) is 0 Å². The van der Waals surface area contributed by atoms with E-state index in [1.807, 2.05) is 22.6 Å². The molecule has 58 valence electrons. The molecule has 10 heavy (non-hydrogen) atoms. The Morgan fingerprint density at radius 1 is 1.80 bits per heavy atom. The van der Waals surface area contributed by atoms with Crippen molar-refractivity contribution in [1.82, 2.24) is 5.32 Å². The highest BCUT2D eigenvalue weighted by atomic mass is 127. The molecule has 0 rings (SSSR count). The number of halogens is 1. The molecule has 1 atom stereocenters. The van der Waals surface area contributed by atoms with Crippen LogP contribution in [0.2, 0.25) is 0 Å². The first-order valence-electron chi connectivity index (χ1n) is 2.55. The van der Waals surface area contributed by atoms with E-state index in [-0.39, 0.29) is 0 Å². The predicted octanol–water partition coefficient (Wildman–Crippen LogP) is -0.0723. The summed E-state index contributed by atoms with van der Waals surface area (Å²) in [5.74, 6) is -1.06. The zero-order valence-corrected chi connectivity index (χ0v) is 7.28. The molecular weight excluding hydrogens is 249 g/mol. The fourth-order valence-electron chi connectivity index (χ4n) is 0.321. The van der Waals surface area contributed by atoms with Gasteiger partial charge >= 0.3 is 5.97 Å². The zero-order valence-electron chi connectivity index (χ0n) is 5.12. The van der Waals surface area contributed by atoms with E-state index in [9.17, 15) is 4.79 Å². The normalized spacial score (nSPS) is 13.8. The molecule has 0 aliphatic heterocycles. The van der Waals surface area contributed by atoms with Gasteiger partial charge in [0, 0.05) is 6.08 Å². The predicted molar refractivity (Wildman–Crippen MR) is 44.8 cm³/mol. The molecule has 0 radical (unpaired) electrons. The summed E-state index contributed by atoms with van der Waals surface area (Å²) >= 11 is 2.01. The maximum Gasteiger partial charge on any atom is 0.328 e. The number of nitrogens with one attached hydrogen (secondary N) is 1. The average Bonchev–Trinajstić information content (AvgIpc) is 1.85. The molecule has 4 nitrogen and oxygen atoms in total. The summed E-state index contributed by atoms with van der Waals surface area (Å²) < 4.78 is 0.572. The van der Waals surface area contributed by atoms with Crippen LogP contribution < -0.4 is 5.32 Å². The van der Waals surface area contributed by atoms with Crippen LogP contribution in [0.1, 0.15) is 0 Å². The van der Waals surface area contributed by atoms with E-state index >= 15 is 0 Å². The number of hydrogen-bond acceptors (Lipinski definition) is 3. The number of carboxylic acid groups (broad SMARTS) is 1. The number of rotatable bonds is 4. The maximum absolute atomic E-state index is 9.88. The second kappa shape index (κ2) is 5.63. The maximum atomic E-state index is 9.88. The van der Waals surface area contributed by atoms with Gasteiger partial charge in [0.15, 0.2) is 0 Å². The Hall–Kier alpha value is -0.140. The van der Waals surface area contributed by atoms with Gasteiger partial charge in [0.25, 0.3) is 0 Å². The molecule has 0 aliphatic rings. The van der Waals surface area contributed by atoms with Crippen molar-refractivity contribution >= 4 is 28.6 Å². The molecule has 0 spiro atoms. The first kappa shape index (κ1) is 9.86. The number of aliphatic hydroxyl groups is 1. The minimum absolute atomic E-state index is 0.572. The van der Waals surface area contributed by atoms with Crippen molar-refractivity contribution in [3.05, 3.63) is 12.2 Å². The van der Waals surface area contributed by atoms with Crippen molar-refractivity contribution in [3.8, 4) is 0 Å². The molecule has 0 fully saturated rings. The SMILES string of the molecule is O=C(O)/C=C\C(O)NCI. The van der Waals surface area contributed by atoms with Crippen molar-refractivity contribution in [1.29, 1.82) is 0 Å². The van der Waals surface area contributed by atoms with Crippen molar-refractivity contribution in [3.63, 3.8) is 0 Å². The Labute approximate surface area is 72.1 Å². The van der Waals surface area contributed by atoms with Gasteiger partial charge < -0.3 is 10.2 Å². The summed E-state index contributed by atoms with van der Waals surface area (Å²) in [6, 6.07) is 0. The number of aliphatic hydroxyl groups excluding tert-OH is 1. The van der Waals surface area contributed by atoms with Crippen molar-refractivity contribution in [2.24, 2.45) is 0 Å². The Bertz CT molecular complexity index is 137. The lowest BCUT2D eigenvalue weighted by Crippen LogP contribution is -2.24. The fraction of sp³-hybridized carbons (Fsp3) is 0.400. The van der Waals surface area contributed by atoms with E-state index in [0.29, 0.717) is 4.55 Å². The number of hydrogen-bond donors (Lipinski definition) is 3. The summed E-state index contributed by atoms with van der Waals surface area (Å²) in [6.45, 7) is 0. The van der Waals surface area contributed by atoms with Crippen molar-refractivity contribution < 1.29 is 15.0 Å². The minimum Gasteiger partial charge on any atom is -0.478 e. The molecule has 0 heterocycles. The zero-order chi connectivity index (χ0) is 7.98. The lowest BCUT2D eigenvalue weighted by molar-refractivity contribution is -0.131. The molecule has 3 N–H and O–H groups in total. The van der Waals surface area contributed by atoms with E-state index in [1.54, 1.807) is 0 Å². The van der Waals surface area contributed by atoms with Crippen molar-refractivity contribution in [2.75, 3.05) is 4.55 Å². The van der Waals surface area contributed by atoms with Gasteiger partial charge in [-0.05, 0) is 6.08 Å². The van der Waals surface area contributed by atoms with E-state index < -0.39 is 12.2 Å². The van der Waals surface area contributed by atoms with Gasteiger partial charge in [-0.25, -0.2) is 4.79 Å². The molecule has 0 aromatic carbocycles. The third kappa shape index (κ3) is 5.99. The molecule has 0 amide bonds. The van der Waals surface area contributed by atoms with Crippen LogP contribution >= 0.6 is 22.6 Å². The summed E-state index contributed by atoms with van der Waals surface area (Å²) in [6.07, 6.45) is 1.19. The fourth-order valence-corrected chi connectivity index (χ4v) is 0.772. The highest BCUT2D eigenvalue weighted by Gasteiger charge is 1.94. The molecule has 0 saturated heterocycles. The van der Waals surface area contributed by atoms with Crippen LogP contribution in [-0.4, -0.2) is 27.0 Å². The van der Waals surface area contributed by atoms with E-state index in [1.165, 1.54) is 6.08 Å². The molecule has 0 aliphatic carbocycles. The number of carbonyl (C=O) groups is 1. The summed E-state index contributed by atoms with van der Waals surface area (Å²) in [5, 5.41) is 19.5. The quantitative estimate of drug-likeness (QED) is 0.217. The first-order valence-corrected chi connectivity index (χ1v) is 4.08. The Morgan fingerprint density at radius 2 is 2.40 bits per heavy atom.